The Labute approximate surface area is 109 Å². The second-order valence-electron chi connectivity index (χ2n) is 3.64. The van der Waals surface area contributed by atoms with E-state index in [4.69, 9.17) is 16.9 Å². The number of esters is 1. The Morgan fingerprint density at radius 3 is 2.78 bits per heavy atom. The first-order chi connectivity index (χ1) is 8.49. The Balaban J connectivity index is 2.93. The van der Waals surface area contributed by atoms with Crippen LogP contribution >= 0.6 is 11.6 Å². The zero-order valence-electron chi connectivity index (χ0n) is 9.63. The summed E-state index contributed by atoms with van der Waals surface area (Å²) in [5.74, 6) is -0.644. The van der Waals surface area contributed by atoms with E-state index >= 15 is 0 Å². The molecule has 96 valence electrons. The Hall–Kier alpha value is -1.61. The number of carbonyl (C=O) groups excluding carboxylic acids is 1. The van der Waals surface area contributed by atoms with Crippen molar-refractivity contribution in [1.82, 2.24) is 0 Å². The molecule has 0 aliphatic heterocycles. The minimum Gasteiger partial charge on any atom is -0.469 e. The predicted octanol–water partition coefficient (Wildman–Crippen LogP) is 1.17. The lowest BCUT2D eigenvalue weighted by atomic mass is 9.98. The SMILES string of the molecule is COC(=O)CC(O)C(O)c1ccc(Cl)cc1C#N. The van der Waals surface area contributed by atoms with Gasteiger partial charge in [0, 0.05) is 10.6 Å². The van der Waals surface area contributed by atoms with Crippen molar-refractivity contribution in [2.24, 2.45) is 0 Å². The largest absolute Gasteiger partial charge is 0.469 e. The first-order valence-corrected chi connectivity index (χ1v) is 5.50. The zero-order valence-corrected chi connectivity index (χ0v) is 10.4. The average molecular weight is 270 g/mol. The first-order valence-electron chi connectivity index (χ1n) is 5.12. The van der Waals surface area contributed by atoms with E-state index in [1.54, 1.807) is 0 Å². The molecule has 0 spiro atoms. The third-order valence-corrected chi connectivity index (χ3v) is 2.66. The molecule has 2 atom stereocenters. The van der Waals surface area contributed by atoms with Crippen LogP contribution in [0.2, 0.25) is 5.02 Å². The number of benzene rings is 1. The van der Waals surface area contributed by atoms with E-state index in [1.165, 1.54) is 25.3 Å². The second kappa shape index (κ2) is 6.36. The van der Waals surface area contributed by atoms with Gasteiger partial charge in [0.1, 0.15) is 6.10 Å². The standard InChI is InChI=1S/C12H12ClNO4/c1-18-11(16)5-10(15)12(17)9-3-2-8(13)4-7(9)6-14/h2-4,10,12,15,17H,5H2,1H3. The molecule has 6 heteroatoms. The summed E-state index contributed by atoms with van der Waals surface area (Å²) in [6, 6.07) is 6.18. The van der Waals surface area contributed by atoms with Crippen molar-refractivity contribution in [3.63, 3.8) is 0 Å². The van der Waals surface area contributed by atoms with Gasteiger partial charge in [0.25, 0.3) is 0 Å². The van der Waals surface area contributed by atoms with Crippen LogP contribution in [-0.2, 0) is 9.53 Å². The fourth-order valence-electron chi connectivity index (χ4n) is 1.46. The van der Waals surface area contributed by atoms with Gasteiger partial charge in [-0.2, -0.15) is 5.26 Å². The number of methoxy groups -OCH3 is 1. The molecule has 0 aliphatic rings. The van der Waals surface area contributed by atoms with Crippen molar-refractivity contribution >= 4 is 17.6 Å². The number of nitrogens with zero attached hydrogens (tertiary/aromatic N) is 1. The lowest BCUT2D eigenvalue weighted by Gasteiger charge is -2.18. The number of hydrogen-bond donors (Lipinski definition) is 2. The summed E-state index contributed by atoms with van der Waals surface area (Å²) in [6.45, 7) is 0. The molecular formula is C12H12ClNO4. The molecule has 0 heterocycles. The van der Waals surface area contributed by atoms with Crippen LogP contribution in [0.15, 0.2) is 18.2 Å². The number of rotatable bonds is 4. The number of halogens is 1. The molecule has 1 aromatic rings. The van der Waals surface area contributed by atoms with Crippen molar-refractivity contribution in [2.75, 3.05) is 7.11 Å². The van der Waals surface area contributed by atoms with Gasteiger partial charge in [-0.3, -0.25) is 4.79 Å². The lowest BCUT2D eigenvalue weighted by Crippen LogP contribution is -2.23. The third kappa shape index (κ3) is 3.44. The van der Waals surface area contributed by atoms with Gasteiger partial charge in [0.05, 0.1) is 31.3 Å². The maximum atomic E-state index is 11.0. The fourth-order valence-corrected chi connectivity index (χ4v) is 1.63. The summed E-state index contributed by atoms with van der Waals surface area (Å²) in [5, 5.41) is 28.8. The summed E-state index contributed by atoms with van der Waals surface area (Å²) >= 11 is 5.72. The molecule has 0 saturated carbocycles. The molecule has 0 radical (unpaired) electrons. The Kier molecular flexibility index (Phi) is 5.10. The molecule has 0 amide bonds. The van der Waals surface area contributed by atoms with Gasteiger partial charge in [-0.25, -0.2) is 0 Å². The highest BCUT2D eigenvalue weighted by molar-refractivity contribution is 6.30. The van der Waals surface area contributed by atoms with Gasteiger partial charge in [0.15, 0.2) is 0 Å². The van der Waals surface area contributed by atoms with E-state index in [-0.39, 0.29) is 17.5 Å². The Bertz CT molecular complexity index is 483. The van der Waals surface area contributed by atoms with E-state index in [1.807, 2.05) is 6.07 Å². The zero-order chi connectivity index (χ0) is 13.7. The molecule has 5 nitrogen and oxygen atoms in total. The fraction of sp³-hybridized carbons (Fsp3) is 0.333. The molecule has 1 aromatic carbocycles. The monoisotopic (exact) mass is 269 g/mol. The summed E-state index contributed by atoms with van der Waals surface area (Å²) in [4.78, 5) is 11.0. The van der Waals surface area contributed by atoms with Crippen molar-refractivity contribution in [1.29, 1.82) is 5.26 Å². The number of aliphatic hydroxyl groups is 2. The van der Waals surface area contributed by atoms with E-state index in [0.717, 1.165) is 0 Å². The van der Waals surface area contributed by atoms with Gasteiger partial charge in [0.2, 0.25) is 0 Å². The molecular weight excluding hydrogens is 258 g/mol. The third-order valence-electron chi connectivity index (χ3n) is 2.42. The van der Waals surface area contributed by atoms with Crippen molar-refractivity contribution in [3.05, 3.63) is 34.3 Å². The summed E-state index contributed by atoms with van der Waals surface area (Å²) in [7, 11) is 1.18. The van der Waals surface area contributed by atoms with Crippen LogP contribution in [0.5, 0.6) is 0 Å². The van der Waals surface area contributed by atoms with Crippen LogP contribution in [-0.4, -0.2) is 29.4 Å². The van der Waals surface area contributed by atoms with Crippen molar-refractivity contribution in [3.8, 4) is 6.07 Å². The van der Waals surface area contributed by atoms with E-state index < -0.39 is 18.2 Å². The Morgan fingerprint density at radius 2 is 2.22 bits per heavy atom. The van der Waals surface area contributed by atoms with Crippen molar-refractivity contribution in [2.45, 2.75) is 18.6 Å². The molecule has 0 aliphatic carbocycles. The minimum atomic E-state index is -1.35. The second-order valence-corrected chi connectivity index (χ2v) is 4.07. The van der Waals surface area contributed by atoms with Gasteiger partial charge in [-0.1, -0.05) is 17.7 Å². The van der Waals surface area contributed by atoms with Gasteiger partial charge < -0.3 is 14.9 Å². The quantitative estimate of drug-likeness (QED) is 0.801. The highest BCUT2D eigenvalue weighted by Crippen LogP contribution is 2.25. The molecule has 2 N–H and O–H groups in total. The molecule has 0 fully saturated rings. The predicted molar refractivity (Wildman–Crippen MR) is 63.8 cm³/mol. The summed E-state index contributed by atoms with van der Waals surface area (Å²) in [6.07, 6.45) is -3.05. The molecule has 2 unspecified atom stereocenters. The molecule has 18 heavy (non-hydrogen) atoms. The molecule has 0 saturated heterocycles. The minimum absolute atomic E-state index is 0.152. The van der Waals surface area contributed by atoms with Crippen LogP contribution in [0.25, 0.3) is 0 Å². The summed E-state index contributed by atoms with van der Waals surface area (Å²) in [5.41, 5.74) is 0.372. The highest BCUT2D eigenvalue weighted by atomic mass is 35.5. The Morgan fingerprint density at radius 1 is 1.56 bits per heavy atom. The van der Waals surface area contributed by atoms with Crippen LogP contribution < -0.4 is 0 Å². The van der Waals surface area contributed by atoms with Gasteiger partial charge in [-0.15, -0.1) is 0 Å². The van der Waals surface area contributed by atoms with Gasteiger partial charge in [-0.05, 0) is 12.1 Å². The maximum Gasteiger partial charge on any atom is 0.308 e. The number of carbonyl (C=O) groups is 1. The average Bonchev–Trinajstić information content (AvgIpc) is 2.37. The van der Waals surface area contributed by atoms with E-state index in [9.17, 15) is 15.0 Å². The number of hydrogen-bond acceptors (Lipinski definition) is 5. The molecule has 0 aromatic heterocycles. The lowest BCUT2D eigenvalue weighted by molar-refractivity contribution is -0.144. The smallest absolute Gasteiger partial charge is 0.308 e. The maximum absolute atomic E-state index is 11.0. The molecule has 0 bridgehead atoms. The summed E-state index contributed by atoms with van der Waals surface area (Å²) < 4.78 is 4.39. The van der Waals surface area contributed by atoms with Gasteiger partial charge >= 0.3 is 5.97 Å². The highest BCUT2D eigenvalue weighted by Gasteiger charge is 2.24. The first kappa shape index (κ1) is 14.5. The number of aliphatic hydroxyl groups excluding tert-OH is 2. The molecule has 1 rings (SSSR count). The topological polar surface area (TPSA) is 90.6 Å². The van der Waals surface area contributed by atoms with E-state index in [2.05, 4.69) is 4.74 Å². The van der Waals surface area contributed by atoms with E-state index in [0.29, 0.717) is 5.02 Å². The number of ether oxygens (including phenoxy) is 1. The van der Waals surface area contributed by atoms with Crippen LogP contribution in [0.4, 0.5) is 0 Å². The van der Waals surface area contributed by atoms with Crippen LogP contribution in [0, 0.1) is 11.3 Å². The van der Waals surface area contributed by atoms with Crippen molar-refractivity contribution < 1.29 is 19.7 Å². The number of nitriles is 1. The van der Waals surface area contributed by atoms with Crippen LogP contribution in [0.1, 0.15) is 23.7 Å². The normalized spacial score (nSPS) is 13.5. The van der Waals surface area contributed by atoms with Crippen LogP contribution in [0.3, 0.4) is 0 Å².